The fourth-order valence-electron chi connectivity index (χ4n) is 2.70. The van der Waals surface area contributed by atoms with Gasteiger partial charge in [0.2, 0.25) is 0 Å². The minimum Gasteiger partial charge on any atom is -0.495 e. The Morgan fingerprint density at radius 3 is 2.75 bits per heavy atom. The van der Waals surface area contributed by atoms with Gasteiger partial charge in [0.15, 0.2) is 11.5 Å². The second-order valence-corrected chi connectivity index (χ2v) is 5.94. The van der Waals surface area contributed by atoms with Crippen LogP contribution in [0.15, 0.2) is 10.5 Å². The zero-order valence-electron chi connectivity index (χ0n) is 11.1. The van der Waals surface area contributed by atoms with Crippen molar-refractivity contribution in [3.8, 4) is 17.2 Å². The highest BCUT2D eigenvalue weighted by Crippen LogP contribution is 2.58. The summed E-state index contributed by atoms with van der Waals surface area (Å²) in [5.74, 6) is 1.13. The highest BCUT2D eigenvalue weighted by atomic mass is 79.9. The molecule has 5 nitrogen and oxygen atoms in total. The molecule has 20 heavy (non-hydrogen) atoms. The smallest absolute Gasteiger partial charge is 0.304 e. The quantitative estimate of drug-likeness (QED) is 0.911. The number of carboxylic acid groups (broad SMARTS) is 1. The zero-order chi connectivity index (χ0) is 14.3. The lowest BCUT2D eigenvalue weighted by atomic mass is 9.91. The van der Waals surface area contributed by atoms with E-state index in [0.29, 0.717) is 34.9 Å². The summed E-state index contributed by atoms with van der Waals surface area (Å²) in [6.07, 6.45) is 1.80. The van der Waals surface area contributed by atoms with Crippen molar-refractivity contribution in [2.45, 2.75) is 24.7 Å². The highest BCUT2D eigenvalue weighted by Gasteiger charge is 2.49. The van der Waals surface area contributed by atoms with E-state index < -0.39 is 5.97 Å². The third kappa shape index (κ3) is 2.12. The second-order valence-electron chi connectivity index (χ2n) is 5.15. The molecule has 0 unspecified atom stereocenters. The predicted molar refractivity (Wildman–Crippen MR) is 74.8 cm³/mol. The summed E-state index contributed by atoms with van der Waals surface area (Å²) in [6.45, 7) is 0.992. The van der Waals surface area contributed by atoms with Crippen LogP contribution in [0, 0.1) is 0 Å². The summed E-state index contributed by atoms with van der Waals surface area (Å²) in [7, 11) is 1.58. The monoisotopic (exact) mass is 342 g/mol. The minimum absolute atomic E-state index is 0.107. The first-order valence-corrected chi connectivity index (χ1v) is 7.25. The molecule has 1 fully saturated rings. The van der Waals surface area contributed by atoms with E-state index >= 15 is 0 Å². The Morgan fingerprint density at radius 2 is 2.15 bits per heavy atom. The number of carboxylic acids is 1. The fraction of sp³-hybridized carbons (Fsp3) is 0.500. The molecule has 3 rings (SSSR count). The minimum atomic E-state index is -0.796. The molecule has 0 bridgehead atoms. The van der Waals surface area contributed by atoms with E-state index in [1.165, 1.54) is 0 Å². The summed E-state index contributed by atoms with van der Waals surface area (Å²) < 4.78 is 17.4. The van der Waals surface area contributed by atoms with Crippen LogP contribution in [0.2, 0.25) is 0 Å². The summed E-state index contributed by atoms with van der Waals surface area (Å²) in [5.41, 5.74) is 0.550. The number of hydrogen-bond donors (Lipinski definition) is 1. The van der Waals surface area contributed by atoms with Crippen molar-refractivity contribution < 1.29 is 24.1 Å². The van der Waals surface area contributed by atoms with Crippen LogP contribution >= 0.6 is 15.9 Å². The van der Waals surface area contributed by atoms with Crippen LogP contribution in [0.3, 0.4) is 0 Å². The van der Waals surface area contributed by atoms with Crippen molar-refractivity contribution in [3.63, 3.8) is 0 Å². The second kappa shape index (κ2) is 4.84. The summed E-state index contributed by atoms with van der Waals surface area (Å²) in [4.78, 5) is 11.1. The summed E-state index contributed by atoms with van der Waals surface area (Å²) in [6, 6.07) is 1.87. The number of ether oxygens (including phenoxy) is 3. The van der Waals surface area contributed by atoms with Crippen molar-refractivity contribution in [2.75, 3.05) is 20.3 Å². The number of fused-ring (bicyclic) bond motifs is 1. The third-order valence-corrected chi connectivity index (χ3v) is 4.57. The van der Waals surface area contributed by atoms with Gasteiger partial charge in [0.25, 0.3) is 0 Å². The van der Waals surface area contributed by atoms with Crippen LogP contribution in [0.5, 0.6) is 17.2 Å². The van der Waals surface area contributed by atoms with Gasteiger partial charge in [-0.2, -0.15) is 0 Å². The Hall–Kier alpha value is -1.43. The molecule has 0 radical (unpaired) electrons. The predicted octanol–water partition coefficient (Wildman–Crippen LogP) is 2.74. The Labute approximate surface area is 125 Å². The SMILES string of the molecule is COc1c(C2(CC(=O)O)CC2)cc2c(c1Br)OCCO2. The van der Waals surface area contributed by atoms with Crippen LogP contribution in [-0.2, 0) is 10.2 Å². The molecule has 0 amide bonds. The maximum Gasteiger partial charge on any atom is 0.304 e. The van der Waals surface area contributed by atoms with Gasteiger partial charge in [-0.05, 0) is 34.8 Å². The molecule has 1 aromatic carbocycles. The Morgan fingerprint density at radius 1 is 1.45 bits per heavy atom. The van der Waals surface area contributed by atoms with E-state index in [4.69, 9.17) is 19.3 Å². The fourth-order valence-corrected chi connectivity index (χ4v) is 3.39. The molecule has 2 aliphatic rings. The topological polar surface area (TPSA) is 65.0 Å². The van der Waals surface area contributed by atoms with Crippen molar-refractivity contribution in [1.82, 2.24) is 0 Å². The van der Waals surface area contributed by atoms with Crippen LogP contribution in [0.1, 0.15) is 24.8 Å². The molecule has 0 aromatic heterocycles. The molecular weight excluding hydrogens is 328 g/mol. The van der Waals surface area contributed by atoms with Crippen molar-refractivity contribution in [2.24, 2.45) is 0 Å². The van der Waals surface area contributed by atoms with Crippen molar-refractivity contribution in [3.05, 3.63) is 16.1 Å². The number of halogens is 1. The average molecular weight is 343 g/mol. The molecular formula is C14H15BrO5. The van der Waals surface area contributed by atoms with Crippen LogP contribution in [0.25, 0.3) is 0 Å². The van der Waals surface area contributed by atoms with Gasteiger partial charge in [-0.15, -0.1) is 0 Å². The standard InChI is InChI=1S/C14H15BrO5/c1-18-12-8(14(2-3-14)7-10(16)17)6-9-13(11(12)15)20-5-4-19-9/h6H,2-5,7H2,1H3,(H,16,17). The van der Waals surface area contributed by atoms with E-state index in [-0.39, 0.29) is 11.8 Å². The summed E-state index contributed by atoms with van der Waals surface area (Å²) in [5, 5.41) is 9.11. The van der Waals surface area contributed by atoms with Crippen LogP contribution < -0.4 is 14.2 Å². The molecule has 1 aliphatic carbocycles. The van der Waals surface area contributed by atoms with Crippen molar-refractivity contribution in [1.29, 1.82) is 0 Å². The lowest BCUT2D eigenvalue weighted by Crippen LogP contribution is -2.19. The van der Waals surface area contributed by atoms with E-state index in [2.05, 4.69) is 15.9 Å². The van der Waals surface area contributed by atoms with Gasteiger partial charge < -0.3 is 19.3 Å². The molecule has 0 atom stereocenters. The van der Waals surface area contributed by atoms with E-state index in [0.717, 1.165) is 18.4 Å². The maximum absolute atomic E-state index is 11.1. The van der Waals surface area contributed by atoms with Gasteiger partial charge in [-0.25, -0.2) is 0 Å². The average Bonchev–Trinajstić information content (AvgIpc) is 3.18. The molecule has 1 saturated carbocycles. The van der Waals surface area contributed by atoms with Gasteiger partial charge in [0.1, 0.15) is 23.4 Å². The summed E-state index contributed by atoms with van der Waals surface area (Å²) >= 11 is 3.49. The van der Waals surface area contributed by atoms with Gasteiger partial charge in [0, 0.05) is 11.0 Å². The van der Waals surface area contributed by atoms with Crippen LogP contribution in [0.4, 0.5) is 0 Å². The normalized spacial score (nSPS) is 18.5. The van der Waals surface area contributed by atoms with E-state index in [1.54, 1.807) is 7.11 Å². The molecule has 6 heteroatoms. The molecule has 1 N–H and O–H groups in total. The third-order valence-electron chi connectivity index (χ3n) is 3.85. The maximum atomic E-state index is 11.1. The number of rotatable bonds is 4. The van der Waals surface area contributed by atoms with Crippen LogP contribution in [-0.4, -0.2) is 31.4 Å². The Kier molecular flexibility index (Phi) is 3.28. The number of carbonyl (C=O) groups is 1. The molecule has 0 saturated heterocycles. The number of aliphatic carboxylic acids is 1. The Balaban J connectivity index is 2.11. The molecule has 0 spiro atoms. The lowest BCUT2D eigenvalue weighted by Gasteiger charge is -2.25. The van der Waals surface area contributed by atoms with Crippen molar-refractivity contribution >= 4 is 21.9 Å². The lowest BCUT2D eigenvalue weighted by molar-refractivity contribution is -0.137. The highest BCUT2D eigenvalue weighted by molar-refractivity contribution is 9.10. The Bertz CT molecular complexity index is 565. The van der Waals surface area contributed by atoms with E-state index in [9.17, 15) is 4.79 Å². The van der Waals surface area contributed by atoms with Gasteiger partial charge in [-0.3, -0.25) is 4.79 Å². The first-order chi connectivity index (χ1) is 9.57. The molecule has 1 aliphatic heterocycles. The number of methoxy groups -OCH3 is 1. The first kappa shape index (κ1) is 13.5. The number of benzene rings is 1. The molecule has 108 valence electrons. The van der Waals surface area contributed by atoms with Gasteiger partial charge in [-0.1, -0.05) is 0 Å². The zero-order valence-corrected chi connectivity index (χ0v) is 12.7. The molecule has 1 aromatic rings. The van der Waals surface area contributed by atoms with Gasteiger partial charge >= 0.3 is 5.97 Å². The van der Waals surface area contributed by atoms with E-state index in [1.807, 2.05) is 6.07 Å². The number of hydrogen-bond acceptors (Lipinski definition) is 4. The first-order valence-electron chi connectivity index (χ1n) is 6.46. The molecule has 1 heterocycles. The largest absolute Gasteiger partial charge is 0.495 e. The van der Waals surface area contributed by atoms with Gasteiger partial charge in [0.05, 0.1) is 13.5 Å².